The highest BCUT2D eigenvalue weighted by Crippen LogP contribution is 2.68. The molecule has 1 nitrogen and oxygen atoms in total. The molecule has 1 saturated carbocycles. The highest BCUT2D eigenvalue weighted by Gasteiger charge is 2.62. The molecule has 0 aromatic heterocycles. The third-order valence-electron chi connectivity index (χ3n) is 17.0. The quantitative estimate of drug-likeness (QED) is 0.175. The largest absolute Gasteiger partial charge is 0.310 e. The second kappa shape index (κ2) is 12.9. The third kappa shape index (κ3) is 4.75. The summed E-state index contributed by atoms with van der Waals surface area (Å²) < 4.78 is 0. The van der Waals surface area contributed by atoms with Gasteiger partial charge in [0.05, 0.1) is 0 Å². The van der Waals surface area contributed by atoms with Gasteiger partial charge in [0, 0.05) is 34.3 Å². The van der Waals surface area contributed by atoms with Crippen LogP contribution in [0, 0.1) is 35.5 Å². The summed E-state index contributed by atoms with van der Waals surface area (Å²) in [6.45, 7) is 9.74. The van der Waals surface area contributed by atoms with Crippen LogP contribution in [0.25, 0.3) is 22.3 Å². The molecule has 0 amide bonds. The third-order valence-corrected chi connectivity index (χ3v) is 17.0. The van der Waals surface area contributed by atoms with E-state index in [0.717, 1.165) is 0 Å². The summed E-state index contributed by atoms with van der Waals surface area (Å²) in [5, 5.41) is 0. The molecule has 1 fully saturated rings. The molecule has 0 aliphatic heterocycles. The molecule has 0 N–H and O–H groups in total. The van der Waals surface area contributed by atoms with Crippen LogP contribution < -0.4 is 4.90 Å². The molecule has 1 heteroatoms. The van der Waals surface area contributed by atoms with Crippen LogP contribution in [0.3, 0.4) is 0 Å². The Labute approximate surface area is 367 Å². The van der Waals surface area contributed by atoms with E-state index in [9.17, 15) is 0 Å². The summed E-state index contributed by atoms with van der Waals surface area (Å²) in [4.78, 5) is 2.57. The van der Waals surface area contributed by atoms with Gasteiger partial charge in [-0.3, -0.25) is 0 Å². The normalized spacial score (nSPS) is 30.7. The Kier molecular flexibility index (Phi) is 7.61. The van der Waals surface area contributed by atoms with Crippen LogP contribution in [0.5, 0.6) is 0 Å². The van der Waals surface area contributed by atoms with Gasteiger partial charge in [-0.1, -0.05) is 192 Å². The highest BCUT2D eigenvalue weighted by atomic mass is 15.1. The summed E-state index contributed by atoms with van der Waals surface area (Å²) in [6, 6.07) is 40.8. The summed E-state index contributed by atoms with van der Waals surface area (Å²) >= 11 is 0. The highest BCUT2D eigenvalue weighted by molar-refractivity contribution is 5.88. The van der Waals surface area contributed by atoms with Gasteiger partial charge in [0.25, 0.3) is 0 Å². The second-order valence-electron chi connectivity index (χ2n) is 20.4. The number of fused-ring (bicyclic) bond motifs is 16. The van der Waals surface area contributed by atoms with Crippen molar-refractivity contribution in [2.45, 2.75) is 55.8 Å². The lowest BCUT2D eigenvalue weighted by Gasteiger charge is -2.39. The van der Waals surface area contributed by atoms with E-state index in [4.69, 9.17) is 0 Å². The van der Waals surface area contributed by atoms with E-state index in [1.165, 1.54) is 72.7 Å². The summed E-state index contributed by atoms with van der Waals surface area (Å²) in [5.74, 6) is 3.34. The van der Waals surface area contributed by atoms with Gasteiger partial charge in [-0.2, -0.15) is 0 Å². The van der Waals surface area contributed by atoms with Crippen molar-refractivity contribution in [3.63, 3.8) is 0 Å². The van der Waals surface area contributed by atoms with Crippen LogP contribution in [-0.4, -0.2) is 0 Å². The number of allylic oxidation sites excluding steroid dienone is 16. The van der Waals surface area contributed by atoms with Crippen molar-refractivity contribution >= 4 is 17.1 Å². The van der Waals surface area contributed by atoms with Crippen molar-refractivity contribution in [2.75, 3.05) is 4.90 Å². The smallest absolute Gasteiger partial charge is 0.0467 e. The van der Waals surface area contributed by atoms with Crippen molar-refractivity contribution in [1.82, 2.24) is 0 Å². The van der Waals surface area contributed by atoms with E-state index in [1.807, 2.05) is 0 Å². The zero-order valence-corrected chi connectivity index (χ0v) is 36.1. The monoisotopic (exact) mass is 799 g/mol. The lowest BCUT2D eigenvalue weighted by Crippen LogP contribution is -2.37. The Balaban J connectivity index is 1.01. The average molecular weight is 800 g/mol. The summed E-state index contributed by atoms with van der Waals surface area (Å²) in [6.07, 6.45) is 37.9. The molecule has 8 atom stereocenters. The van der Waals surface area contributed by atoms with E-state index in [-0.39, 0.29) is 16.2 Å². The lowest BCUT2D eigenvalue weighted by molar-refractivity contribution is 0.371. The summed E-state index contributed by atoms with van der Waals surface area (Å²) in [5.41, 5.74) is 17.7. The van der Waals surface area contributed by atoms with Crippen LogP contribution in [0.15, 0.2) is 200 Å². The fraction of sp³-hybridized carbons (Fsp3) is 0.246. The van der Waals surface area contributed by atoms with Crippen molar-refractivity contribution in [2.24, 2.45) is 35.5 Å². The number of rotatable bonds is 4. The van der Waals surface area contributed by atoms with Crippen LogP contribution in [0.2, 0.25) is 0 Å². The first-order chi connectivity index (χ1) is 30.3. The molecular weight excluding hydrogens is 747 g/mol. The first-order valence-corrected chi connectivity index (χ1v) is 23.1. The first kappa shape index (κ1) is 36.5. The molecule has 0 radical (unpaired) electrons. The molecule has 8 aliphatic carbocycles. The Morgan fingerprint density at radius 1 is 0.371 bits per heavy atom. The van der Waals surface area contributed by atoms with Gasteiger partial charge < -0.3 is 4.90 Å². The van der Waals surface area contributed by atoms with E-state index in [0.29, 0.717) is 47.3 Å². The van der Waals surface area contributed by atoms with Gasteiger partial charge in [0.2, 0.25) is 0 Å². The molecule has 8 aliphatic rings. The maximum absolute atomic E-state index is 2.60. The number of hydrogen-bond acceptors (Lipinski definition) is 1. The molecule has 62 heavy (non-hydrogen) atoms. The van der Waals surface area contributed by atoms with Gasteiger partial charge in [-0.15, -0.1) is 0 Å². The average Bonchev–Trinajstić information content (AvgIpc) is 3.94. The Bertz CT molecular complexity index is 2950. The van der Waals surface area contributed by atoms with Crippen molar-refractivity contribution in [3.05, 3.63) is 234 Å². The SMILES string of the molecule is CC1(C)c2ccc(N(c3cccc(-c4ccc5c(c4)C(C)(C)C4C=CC=CC54)c3)c3ccc4c(c3)C3(c5ccccc5-4)C4C=CC=CC4C4C=CC=CC43)cc2C2C=CC=CC21. The molecule has 5 aromatic carbocycles. The molecule has 8 unspecified atom stereocenters. The standard InChI is InChI=1S/C61H53N/c1-59(2)52-24-11-6-22-47(52)50-36-41(30-33-53(50)59)62(40-17-15-16-38(34-40)39-28-31-48-43-18-5-10-23-51(43)60(3,4)57(48)35-39)42-29-32-49-46-21-9-14-27-56(46)61(58(49)37-42)54-25-12-7-19-44(54)45-20-8-13-26-55(45)61/h5-37,43-45,47,51-52,54-55H,1-4H3. The van der Waals surface area contributed by atoms with Crippen LogP contribution in [0.4, 0.5) is 17.1 Å². The minimum Gasteiger partial charge on any atom is -0.310 e. The second-order valence-corrected chi connectivity index (χ2v) is 20.4. The van der Waals surface area contributed by atoms with Gasteiger partial charge in [-0.25, -0.2) is 0 Å². The van der Waals surface area contributed by atoms with Crippen LogP contribution in [0.1, 0.15) is 72.9 Å². The maximum Gasteiger partial charge on any atom is 0.0467 e. The first-order valence-electron chi connectivity index (χ1n) is 23.1. The van der Waals surface area contributed by atoms with E-state index in [1.54, 1.807) is 0 Å². The summed E-state index contributed by atoms with van der Waals surface area (Å²) in [7, 11) is 0. The minimum absolute atomic E-state index is 0.0557. The van der Waals surface area contributed by atoms with Crippen molar-refractivity contribution < 1.29 is 0 Å². The van der Waals surface area contributed by atoms with Crippen LogP contribution in [-0.2, 0) is 16.2 Å². The van der Waals surface area contributed by atoms with E-state index < -0.39 is 0 Å². The number of anilines is 3. The Hall–Kier alpha value is -6.18. The minimum atomic E-state index is -0.180. The zero-order chi connectivity index (χ0) is 41.5. The topological polar surface area (TPSA) is 3.24 Å². The zero-order valence-electron chi connectivity index (χ0n) is 36.1. The van der Waals surface area contributed by atoms with Crippen molar-refractivity contribution in [3.8, 4) is 22.3 Å². The molecular formula is C61H53N. The predicted octanol–water partition coefficient (Wildman–Crippen LogP) is 15.1. The lowest BCUT2D eigenvalue weighted by atomic mass is 9.63. The number of hydrogen-bond donors (Lipinski definition) is 0. The molecule has 0 saturated heterocycles. The molecule has 5 aromatic rings. The fourth-order valence-electron chi connectivity index (χ4n) is 14.3. The molecule has 0 bridgehead atoms. The Morgan fingerprint density at radius 3 is 1.68 bits per heavy atom. The van der Waals surface area contributed by atoms with Crippen molar-refractivity contribution in [1.29, 1.82) is 0 Å². The number of nitrogens with zero attached hydrogens (tertiary/aromatic N) is 1. The van der Waals surface area contributed by atoms with Gasteiger partial charge in [0.1, 0.15) is 0 Å². The van der Waals surface area contributed by atoms with Gasteiger partial charge >= 0.3 is 0 Å². The maximum atomic E-state index is 2.60. The Morgan fingerprint density at radius 2 is 0.935 bits per heavy atom. The predicted molar refractivity (Wildman–Crippen MR) is 258 cm³/mol. The number of benzene rings is 5. The van der Waals surface area contributed by atoms with Gasteiger partial charge in [0.15, 0.2) is 0 Å². The van der Waals surface area contributed by atoms with Gasteiger partial charge in [-0.05, 0) is 138 Å². The van der Waals surface area contributed by atoms with E-state index in [2.05, 4.69) is 233 Å². The van der Waals surface area contributed by atoms with Crippen LogP contribution >= 0.6 is 0 Å². The molecule has 13 rings (SSSR count). The van der Waals surface area contributed by atoms with E-state index >= 15 is 0 Å². The molecule has 0 heterocycles. The fourth-order valence-corrected chi connectivity index (χ4v) is 14.3. The molecule has 302 valence electrons. The molecule has 1 spiro atoms.